The Morgan fingerprint density at radius 1 is 1.26 bits per heavy atom. The first-order valence-electron chi connectivity index (χ1n) is 9.64. The summed E-state index contributed by atoms with van der Waals surface area (Å²) in [7, 11) is 0. The number of amides is 1. The molecule has 1 aromatic carbocycles. The fourth-order valence-electron chi connectivity index (χ4n) is 4.39. The standard InChI is InChI=1S/C21H28N4O.ClH/c1-15-18(16(2)25(24-15)14-17-6-4-3-5-7-17)13-23-20(26)19-12-21(19)8-10-22-11-9-21;/h3-7,19,22H,8-14H2,1-2H3,(H,23,26);1H. The van der Waals surface area contributed by atoms with Gasteiger partial charge in [0.1, 0.15) is 0 Å². The van der Waals surface area contributed by atoms with Crippen molar-refractivity contribution < 1.29 is 4.79 Å². The number of piperidine rings is 1. The second-order valence-electron chi connectivity index (χ2n) is 7.88. The third kappa shape index (κ3) is 4.04. The Morgan fingerprint density at radius 2 is 1.96 bits per heavy atom. The maximum absolute atomic E-state index is 12.6. The van der Waals surface area contributed by atoms with Gasteiger partial charge in [-0.05, 0) is 57.2 Å². The number of carbonyl (C=O) groups is 1. The zero-order chi connectivity index (χ0) is 18.1. The molecule has 2 fully saturated rings. The largest absolute Gasteiger partial charge is 0.352 e. The quantitative estimate of drug-likeness (QED) is 0.827. The topological polar surface area (TPSA) is 59.0 Å². The van der Waals surface area contributed by atoms with Crippen LogP contribution in [0.15, 0.2) is 30.3 Å². The zero-order valence-corrected chi connectivity index (χ0v) is 16.9. The molecule has 1 aromatic heterocycles. The summed E-state index contributed by atoms with van der Waals surface area (Å²) < 4.78 is 2.04. The van der Waals surface area contributed by atoms with Crippen LogP contribution >= 0.6 is 12.4 Å². The molecule has 1 amide bonds. The van der Waals surface area contributed by atoms with Crippen LogP contribution in [-0.4, -0.2) is 28.8 Å². The average molecular weight is 389 g/mol. The molecular formula is C21H29ClN4O. The molecule has 0 bridgehead atoms. The minimum Gasteiger partial charge on any atom is -0.352 e. The van der Waals surface area contributed by atoms with Crippen LogP contribution in [0.3, 0.4) is 0 Å². The first-order valence-corrected chi connectivity index (χ1v) is 9.64. The van der Waals surface area contributed by atoms with Gasteiger partial charge in [0.25, 0.3) is 0 Å². The average Bonchev–Trinajstić information content (AvgIpc) is 3.27. The Morgan fingerprint density at radius 3 is 2.67 bits per heavy atom. The maximum atomic E-state index is 12.6. The van der Waals surface area contributed by atoms with Crippen LogP contribution in [0.25, 0.3) is 0 Å². The van der Waals surface area contributed by atoms with E-state index in [1.165, 1.54) is 5.56 Å². The van der Waals surface area contributed by atoms with Crippen molar-refractivity contribution in [3.05, 3.63) is 52.8 Å². The first-order chi connectivity index (χ1) is 12.6. The highest BCUT2D eigenvalue weighted by molar-refractivity contribution is 5.85. The van der Waals surface area contributed by atoms with Gasteiger partial charge in [-0.1, -0.05) is 30.3 Å². The van der Waals surface area contributed by atoms with Crippen molar-refractivity contribution in [2.24, 2.45) is 11.3 Å². The van der Waals surface area contributed by atoms with Gasteiger partial charge < -0.3 is 10.6 Å². The molecule has 2 aliphatic rings. The molecule has 4 rings (SSSR count). The number of hydrogen-bond acceptors (Lipinski definition) is 3. The number of aryl methyl sites for hydroxylation is 1. The van der Waals surface area contributed by atoms with Gasteiger partial charge in [0.05, 0.1) is 12.2 Å². The molecule has 1 spiro atoms. The number of benzene rings is 1. The monoisotopic (exact) mass is 388 g/mol. The van der Waals surface area contributed by atoms with Crippen LogP contribution in [0.1, 0.15) is 41.8 Å². The molecule has 2 N–H and O–H groups in total. The summed E-state index contributed by atoms with van der Waals surface area (Å²) >= 11 is 0. The molecule has 146 valence electrons. The van der Waals surface area contributed by atoms with E-state index < -0.39 is 0 Å². The molecule has 0 radical (unpaired) electrons. The van der Waals surface area contributed by atoms with Crippen molar-refractivity contribution in [3.8, 4) is 0 Å². The highest BCUT2D eigenvalue weighted by atomic mass is 35.5. The van der Waals surface area contributed by atoms with E-state index in [0.717, 1.165) is 55.8 Å². The summed E-state index contributed by atoms with van der Waals surface area (Å²) in [5.74, 6) is 0.436. The van der Waals surface area contributed by atoms with Crippen LogP contribution in [0.2, 0.25) is 0 Å². The Labute approximate surface area is 167 Å². The van der Waals surface area contributed by atoms with Crippen molar-refractivity contribution in [3.63, 3.8) is 0 Å². The van der Waals surface area contributed by atoms with E-state index in [4.69, 9.17) is 0 Å². The van der Waals surface area contributed by atoms with E-state index >= 15 is 0 Å². The Kier molecular flexibility index (Phi) is 5.92. The number of nitrogens with zero attached hydrogens (tertiary/aromatic N) is 2. The molecule has 6 heteroatoms. The van der Waals surface area contributed by atoms with E-state index in [1.807, 2.05) is 17.7 Å². The lowest BCUT2D eigenvalue weighted by Crippen LogP contribution is -2.33. The van der Waals surface area contributed by atoms with Crippen LogP contribution in [0.4, 0.5) is 0 Å². The Hall–Kier alpha value is -1.85. The highest BCUT2D eigenvalue weighted by Gasteiger charge is 2.57. The number of carbonyl (C=O) groups excluding carboxylic acids is 1. The predicted octanol–water partition coefficient (Wildman–Crippen LogP) is 2.98. The van der Waals surface area contributed by atoms with E-state index in [9.17, 15) is 4.79 Å². The normalized spacial score (nSPS) is 20.1. The van der Waals surface area contributed by atoms with Gasteiger partial charge in [0.15, 0.2) is 0 Å². The van der Waals surface area contributed by atoms with Crippen molar-refractivity contribution in [2.45, 2.75) is 46.2 Å². The Bertz CT molecular complexity index is 796. The number of halogens is 1. The zero-order valence-electron chi connectivity index (χ0n) is 16.1. The second kappa shape index (κ2) is 8.03. The number of nitrogens with one attached hydrogen (secondary N) is 2. The van der Waals surface area contributed by atoms with Crippen LogP contribution < -0.4 is 10.6 Å². The van der Waals surface area contributed by atoms with Crippen LogP contribution in [0, 0.1) is 25.2 Å². The van der Waals surface area contributed by atoms with E-state index in [1.54, 1.807) is 0 Å². The van der Waals surface area contributed by atoms with Crippen molar-refractivity contribution >= 4 is 18.3 Å². The van der Waals surface area contributed by atoms with Gasteiger partial charge in [0, 0.05) is 23.7 Å². The number of aromatic nitrogens is 2. The fourth-order valence-corrected chi connectivity index (χ4v) is 4.39. The van der Waals surface area contributed by atoms with Gasteiger partial charge in [-0.2, -0.15) is 5.10 Å². The SMILES string of the molecule is Cc1nn(Cc2ccccc2)c(C)c1CNC(=O)C1CC12CCNCC2.Cl. The van der Waals surface area contributed by atoms with E-state index in [-0.39, 0.29) is 29.6 Å². The second-order valence-corrected chi connectivity index (χ2v) is 7.88. The first kappa shape index (κ1) is 19.9. The fraction of sp³-hybridized carbons (Fsp3) is 0.524. The van der Waals surface area contributed by atoms with Gasteiger partial charge in [-0.15, -0.1) is 12.4 Å². The van der Waals surface area contributed by atoms with Crippen molar-refractivity contribution in [1.82, 2.24) is 20.4 Å². The molecular weight excluding hydrogens is 360 g/mol. The molecule has 2 heterocycles. The maximum Gasteiger partial charge on any atom is 0.223 e. The van der Waals surface area contributed by atoms with E-state index in [0.29, 0.717) is 6.54 Å². The summed E-state index contributed by atoms with van der Waals surface area (Å²) in [6, 6.07) is 10.4. The van der Waals surface area contributed by atoms with Crippen LogP contribution in [-0.2, 0) is 17.9 Å². The van der Waals surface area contributed by atoms with E-state index in [2.05, 4.69) is 46.9 Å². The summed E-state index contributed by atoms with van der Waals surface area (Å²) in [5.41, 5.74) is 4.82. The smallest absolute Gasteiger partial charge is 0.223 e. The summed E-state index contributed by atoms with van der Waals surface area (Å²) in [6.45, 7) is 7.57. The minimum absolute atomic E-state index is 0. The lowest BCUT2D eigenvalue weighted by atomic mass is 9.92. The number of rotatable bonds is 5. The third-order valence-electron chi connectivity index (χ3n) is 6.25. The molecule has 1 saturated heterocycles. The Balaban J connectivity index is 0.00000210. The highest BCUT2D eigenvalue weighted by Crippen LogP contribution is 2.58. The molecule has 5 nitrogen and oxygen atoms in total. The molecule has 1 unspecified atom stereocenters. The lowest BCUT2D eigenvalue weighted by molar-refractivity contribution is -0.123. The van der Waals surface area contributed by atoms with Gasteiger partial charge >= 0.3 is 0 Å². The summed E-state index contributed by atoms with van der Waals surface area (Å²) in [5, 5.41) is 11.3. The van der Waals surface area contributed by atoms with Gasteiger partial charge in [-0.3, -0.25) is 9.48 Å². The molecule has 1 atom stereocenters. The third-order valence-corrected chi connectivity index (χ3v) is 6.25. The minimum atomic E-state index is 0. The molecule has 1 saturated carbocycles. The predicted molar refractivity (Wildman–Crippen MR) is 109 cm³/mol. The lowest BCUT2D eigenvalue weighted by Gasteiger charge is -2.23. The summed E-state index contributed by atoms with van der Waals surface area (Å²) in [6.07, 6.45) is 3.34. The van der Waals surface area contributed by atoms with Crippen molar-refractivity contribution in [2.75, 3.05) is 13.1 Å². The van der Waals surface area contributed by atoms with Crippen LogP contribution in [0.5, 0.6) is 0 Å². The summed E-state index contributed by atoms with van der Waals surface area (Å²) in [4.78, 5) is 12.6. The van der Waals surface area contributed by atoms with Gasteiger partial charge in [0.2, 0.25) is 5.91 Å². The van der Waals surface area contributed by atoms with Crippen molar-refractivity contribution in [1.29, 1.82) is 0 Å². The molecule has 2 aromatic rings. The molecule has 1 aliphatic heterocycles. The number of hydrogen-bond donors (Lipinski definition) is 2. The molecule has 1 aliphatic carbocycles. The molecule has 27 heavy (non-hydrogen) atoms. The van der Waals surface area contributed by atoms with Gasteiger partial charge in [-0.25, -0.2) is 0 Å².